The highest BCUT2D eigenvalue weighted by atomic mass is 16.4. The third kappa shape index (κ3) is 2.72. The molecule has 2 amide bonds. The number of amides is 2. The second-order valence-corrected chi connectivity index (χ2v) is 5.82. The first-order chi connectivity index (χ1) is 12.1. The highest BCUT2D eigenvalue weighted by Gasteiger charge is 2.35. The van der Waals surface area contributed by atoms with Gasteiger partial charge in [-0.1, -0.05) is 29.8 Å². The van der Waals surface area contributed by atoms with Crippen molar-refractivity contribution in [3.8, 4) is 11.5 Å². The first kappa shape index (κ1) is 15.3. The number of benzene rings is 2. The molecular formula is C19H15N3O3. The van der Waals surface area contributed by atoms with Crippen LogP contribution in [0.2, 0.25) is 0 Å². The molecule has 0 spiro atoms. The Morgan fingerprint density at radius 2 is 1.64 bits per heavy atom. The monoisotopic (exact) mass is 333 g/mol. The summed E-state index contributed by atoms with van der Waals surface area (Å²) in [4.78, 5) is 28.8. The van der Waals surface area contributed by atoms with Gasteiger partial charge in [0, 0.05) is 5.56 Å². The molecule has 2 heterocycles. The van der Waals surface area contributed by atoms with Crippen LogP contribution in [0.25, 0.3) is 11.5 Å². The van der Waals surface area contributed by atoms with Gasteiger partial charge >= 0.3 is 0 Å². The maximum Gasteiger partial charge on any atom is 0.276 e. The molecule has 0 fully saturated rings. The highest BCUT2D eigenvalue weighted by molar-refractivity contribution is 6.20. The van der Waals surface area contributed by atoms with Crippen LogP contribution in [0.1, 0.15) is 32.0 Å². The minimum Gasteiger partial charge on any atom is -0.440 e. The van der Waals surface area contributed by atoms with Gasteiger partial charge in [-0.3, -0.25) is 9.59 Å². The molecule has 0 bridgehead atoms. The second kappa shape index (κ2) is 5.99. The number of fused-ring (bicyclic) bond motifs is 1. The minimum absolute atomic E-state index is 0.185. The first-order valence-corrected chi connectivity index (χ1v) is 7.86. The molecule has 0 aliphatic carbocycles. The van der Waals surface area contributed by atoms with Gasteiger partial charge in [-0.2, -0.15) is 0 Å². The fourth-order valence-corrected chi connectivity index (χ4v) is 2.71. The Kier molecular flexibility index (Phi) is 3.66. The van der Waals surface area contributed by atoms with Gasteiger partial charge < -0.3 is 4.42 Å². The molecule has 1 aliphatic rings. The quantitative estimate of drug-likeness (QED) is 0.743. The van der Waals surface area contributed by atoms with Crippen molar-refractivity contribution < 1.29 is 14.0 Å². The van der Waals surface area contributed by atoms with E-state index < -0.39 is 0 Å². The number of nitrogens with one attached hydrogen (secondary N) is 1. The average Bonchev–Trinajstić information content (AvgIpc) is 3.19. The van der Waals surface area contributed by atoms with Gasteiger partial charge in [-0.15, -0.1) is 0 Å². The summed E-state index contributed by atoms with van der Waals surface area (Å²) in [6.45, 7) is 2.20. The molecule has 25 heavy (non-hydrogen) atoms. The molecule has 1 aromatic heterocycles. The van der Waals surface area contributed by atoms with Gasteiger partial charge in [0.1, 0.15) is 5.76 Å². The Morgan fingerprint density at radius 1 is 1.00 bits per heavy atom. The van der Waals surface area contributed by atoms with Crippen molar-refractivity contribution in [1.82, 2.24) is 15.4 Å². The normalized spacial score (nSPS) is 13.4. The van der Waals surface area contributed by atoms with Crippen LogP contribution in [0.3, 0.4) is 0 Å². The zero-order valence-corrected chi connectivity index (χ0v) is 13.5. The molecule has 6 heteroatoms. The largest absolute Gasteiger partial charge is 0.440 e. The number of rotatable bonds is 4. The third-order valence-electron chi connectivity index (χ3n) is 4.06. The number of hydrogen-bond acceptors (Lipinski definition) is 5. The molecule has 124 valence electrons. The summed E-state index contributed by atoms with van der Waals surface area (Å²) in [6.07, 6.45) is 1.58. The van der Waals surface area contributed by atoms with Crippen LogP contribution in [0.15, 0.2) is 59.1 Å². The fraction of sp³-hybridized carbons (Fsp3) is 0.105. The van der Waals surface area contributed by atoms with Crippen molar-refractivity contribution in [3.05, 3.63) is 77.2 Å². The maximum absolute atomic E-state index is 12.3. The van der Waals surface area contributed by atoms with Crippen molar-refractivity contribution in [2.24, 2.45) is 0 Å². The number of imide groups is 1. The number of oxazole rings is 1. The third-order valence-corrected chi connectivity index (χ3v) is 4.06. The molecule has 0 saturated carbocycles. The van der Waals surface area contributed by atoms with Crippen molar-refractivity contribution in [1.29, 1.82) is 0 Å². The van der Waals surface area contributed by atoms with Crippen LogP contribution in [0, 0.1) is 6.92 Å². The molecule has 0 unspecified atom stereocenters. The molecule has 0 saturated heterocycles. The van der Waals surface area contributed by atoms with Gasteiger partial charge in [0.05, 0.1) is 23.9 Å². The first-order valence-electron chi connectivity index (χ1n) is 7.86. The lowest BCUT2D eigenvalue weighted by molar-refractivity contribution is 0.0558. The number of aryl methyl sites for hydroxylation is 1. The topological polar surface area (TPSA) is 75.4 Å². The number of nitrogens with zero attached hydrogens (tertiary/aromatic N) is 2. The zero-order chi connectivity index (χ0) is 17.4. The predicted octanol–water partition coefficient (Wildman–Crippen LogP) is 2.95. The minimum atomic E-state index is -0.362. The number of carbonyl (C=O) groups is 2. The molecule has 0 radical (unpaired) electrons. The summed E-state index contributed by atoms with van der Waals surface area (Å²) in [6, 6.07) is 14.6. The maximum atomic E-state index is 12.3. The van der Waals surface area contributed by atoms with E-state index in [4.69, 9.17) is 4.42 Å². The molecule has 1 aliphatic heterocycles. The molecular weight excluding hydrogens is 318 g/mol. The van der Waals surface area contributed by atoms with E-state index in [0.29, 0.717) is 22.8 Å². The van der Waals surface area contributed by atoms with Crippen LogP contribution < -0.4 is 5.43 Å². The summed E-state index contributed by atoms with van der Waals surface area (Å²) >= 11 is 0. The summed E-state index contributed by atoms with van der Waals surface area (Å²) in [5.74, 6) is 0.309. The lowest BCUT2D eigenvalue weighted by atomic mass is 10.1. The molecule has 3 aromatic rings. The lowest BCUT2D eigenvalue weighted by Gasteiger charge is -2.13. The standard InChI is InChI=1S/C19H15N3O3/c1-12-6-8-13(9-7-12)17-20-10-14(25-17)11-21-22-18(23)15-4-2-3-5-16(15)19(22)24/h2-10,21H,11H2,1H3. The Balaban J connectivity index is 1.47. The fourth-order valence-electron chi connectivity index (χ4n) is 2.71. The van der Waals surface area contributed by atoms with E-state index in [2.05, 4.69) is 10.4 Å². The average molecular weight is 333 g/mol. The van der Waals surface area contributed by atoms with E-state index in [1.54, 1.807) is 30.5 Å². The van der Waals surface area contributed by atoms with Crippen LogP contribution in [0.4, 0.5) is 0 Å². The molecule has 0 atom stereocenters. The van der Waals surface area contributed by atoms with Gasteiger partial charge in [0.15, 0.2) is 0 Å². The lowest BCUT2D eigenvalue weighted by Crippen LogP contribution is -2.41. The number of hydrogen-bond donors (Lipinski definition) is 1. The Hall–Kier alpha value is -3.25. The Morgan fingerprint density at radius 3 is 2.28 bits per heavy atom. The van der Waals surface area contributed by atoms with Crippen LogP contribution in [-0.2, 0) is 6.54 Å². The molecule has 1 N–H and O–H groups in total. The Labute approximate surface area is 144 Å². The van der Waals surface area contributed by atoms with E-state index >= 15 is 0 Å². The van der Waals surface area contributed by atoms with Crippen molar-refractivity contribution in [2.45, 2.75) is 13.5 Å². The van der Waals surface area contributed by atoms with E-state index in [9.17, 15) is 9.59 Å². The summed E-state index contributed by atoms with van der Waals surface area (Å²) in [5.41, 5.74) is 5.65. The van der Waals surface area contributed by atoms with Crippen LogP contribution in [-0.4, -0.2) is 21.8 Å². The van der Waals surface area contributed by atoms with Crippen LogP contribution in [0.5, 0.6) is 0 Å². The van der Waals surface area contributed by atoms with Gasteiger partial charge in [-0.25, -0.2) is 15.4 Å². The SMILES string of the molecule is Cc1ccc(-c2ncc(CNN3C(=O)c4ccccc4C3=O)o2)cc1. The second-order valence-electron chi connectivity index (χ2n) is 5.82. The van der Waals surface area contributed by atoms with E-state index in [1.807, 2.05) is 31.2 Å². The van der Waals surface area contributed by atoms with Gasteiger partial charge in [0.2, 0.25) is 5.89 Å². The van der Waals surface area contributed by atoms with E-state index in [0.717, 1.165) is 16.1 Å². The molecule has 6 nitrogen and oxygen atoms in total. The number of carbonyl (C=O) groups excluding carboxylic acids is 2. The van der Waals surface area contributed by atoms with Crippen LogP contribution >= 0.6 is 0 Å². The zero-order valence-electron chi connectivity index (χ0n) is 13.5. The molecule has 4 rings (SSSR count). The van der Waals surface area contributed by atoms with E-state index in [1.165, 1.54) is 0 Å². The van der Waals surface area contributed by atoms with Crippen molar-refractivity contribution in [2.75, 3.05) is 0 Å². The predicted molar refractivity (Wildman–Crippen MR) is 90.5 cm³/mol. The van der Waals surface area contributed by atoms with Crippen molar-refractivity contribution in [3.63, 3.8) is 0 Å². The number of aromatic nitrogens is 1. The smallest absolute Gasteiger partial charge is 0.276 e. The highest BCUT2D eigenvalue weighted by Crippen LogP contribution is 2.22. The van der Waals surface area contributed by atoms with E-state index in [-0.39, 0.29) is 18.4 Å². The Bertz CT molecular complexity index is 925. The summed E-state index contributed by atoms with van der Waals surface area (Å²) < 4.78 is 5.69. The van der Waals surface area contributed by atoms with Crippen molar-refractivity contribution >= 4 is 11.8 Å². The van der Waals surface area contributed by atoms with Gasteiger partial charge in [0.25, 0.3) is 11.8 Å². The summed E-state index contributed by atoms with van der Waals surface area (Å²) in [7, 11) is 0. The van der Waals surface area contributed by atoms with Gasteiger partial charge in [-0.05, 0) is 31.2 Å². The summed E-state index contributed by atoms with van der Waals surface area (Å²) in [5, 5.41) is 1.01. The number of hydrazine groups is 1. The molecule has 2 aromatic carbocycles.